The zero-order valence-electron chi connectivity index (χ0n) is 13.7. The molecule has 3 rings (SSSR count). The van der Waals surface area contributed by atoms with Crippen LogP contribution in [0.25, 0.3) is 0 Å². The van der Waals surface area contributed by atoms with Crippen molar-refractivity contribution in [2.24, 2.45) is 0 Å². The molecule has 24 heavy (non-hydrogen) atoms. The van der Waals surface area contributed by atoms with E-state index in [9.17, 15) is 9.59 Å². The van der Waals surface area contributed by atoms with Crippen molar-refractivity contribution in [1.82, 2.24) is 4.98 Å². The Morgan fingerprint density at radius 3 is 2.79 bits per heavy atom. The number of carbonyl (C=O) groups is 2. The molecule has 6 nitrogen and oxygen atoms in total. The van der Waals surface area contributed by atoms with Gasteiger partial charge in [0.25, 0.3) is 5.91 Å². The van der Waals surface area contributed by atoms with E-state index < -0.39 is 0 Å². The molecular weight excluding hydrogens is 306 g/mol. The van der Waals surface area contributed by atoms with Crippen LogP contribution in [0.2, 0.25) is 0 Å². The Balaban J connectivity index is 1.82. The Kier molecular flexibility index (Phi) is 4.46. The average Bonchev–Trinajstić information content (AvgIpc) is 3.00. The molecule has 0 atom stereocenters. The van der Waals surface area contributed by atoms with Crippen LogP contribution in [0.5, 0.6) is 5.75 Å². The number of anilines is 2. The maximum absolute atomic E-state index is 12.3. The van der Waals surface area contributed by atoms with Crippen LogP contribution in [0.3, 0.4) is 0 Å². The molecule has 0 unspecified atom stereocenters. The van der Waals surface area contributed by atoms with Gasteiger partial charge in [-0.15, -0.1) is 0 Å². The van der Waals surface area contributed by atoms with Gasteiger partial charge in [0.2, 0.25) is 5.91 Å². The first-order valence-corrected chi connectivity index (χ1v) is 7.82. The highest BCUT2D eigenvalue weighted by molar-refractivity contribution is 6.03. The van der Waals surface area contributed by atoms with Crippen molar-refractivity contribution >= 4 is 23.2 Å². The Morgan fingerprint density at radius 1 is 1.29 bits per heavy atom. The van der Waals surface area contributed by atoms with E-state index in [1.165, 1.54) is 0 Å². The fraction of sp³-hybridized carbons (Fsp3) is 0.278. The predicted octanol–water partition coefficient (Wildman–Crippen LogP) is 2.78. The highest BCUT2D eigenvalue weighted by atomic mass is 16.5. The van der Waals surface area contributed by atoms with E-state index in [1.54, 1.807) is 42.3 Å². The summed E-state index contributed by atoms with van der Waals surface area (Å²) < 4.78 is 5.39. The highest BCUT2D eigenvalue weighted by Gasteiger charge is 2.24. The number of nitrogens with one attached hydrogen (secondary N) is 1. The zero-order valence-corrected chi connectivity index (χ0v) is 13.7. The Morgan fingerprint density at radius 2 is 2.12 bits per heavy atom. The van der Waals surface area contributed by atoms with Gasteiger partial charge >= 0.3 is 0 Å². The number of aryl methyl sites for hydroxylation is 1. The molecule has 1 saturated heterocycles. The quantitative estimate of drug-likeness (QED) is 0.938. The van der Waals surface area contributed by atoms with Crippen molar-refractivity contribution in [1.29, 1.82) is 0 Å². The fourth-order valence-electron chi connectivity index (χ4n) is 2.75. The number of methoxy groups -OCH3 is 1. The van der Waals surface area contributed by atoms with Gasteiger partial charge < -0.3 is 15.0 Å². The molecule has 6 heteroatoms. The van der Waals surface area contributed by atoms with Crippen LogP contribution >= 0.6 is 0 Å². The molecule has 1 fully saturated rings. The molecule has 0 aliphatic carbocycles. The summed E-state index contributed by atoms with van der Waals surface area (Å²) in [5.74, 6) is 0.361. The first-order chi connectivity index (χ1) is 11.6. The molecule has 2 aromatic rings. The van der Waals surface area contributed by atoms with Crippen molar-refractivity contribution in [3.63, 3.8) is 0 Å². The van der Waals surface area contributed by atoms with E-state index in [1.807, 2.05) is 13.0 Å². The van der Waals surface area contributed by atoms with Crippen molar-refractivity contribution in [3.8, 4) is 5.75 Å². The number of nitrogens with zero attached hydrogens (tertiary/aromatic N) is 2. The molecule has 0 spiro atoms. The van der Waals surface area contributed by atoms with Crippen LogP contribution in [0.15, 0.2) is 36.4 Å². The van der Waals surface area contributed by atoms with Crippen molar-refractivity contribution in [2.75, 3.05) is 23.9 Å². The summed E-state index contributed by atoms with van der Waals surface area (Å²) in [5.41, 5.74) is 2.46. The number of hydrogen-bond donors (Lipinski definition) is 1. The van der Waals surface area contributed by atoms with Gasteiger partial charge in [0.15, 0.2) is 0 Å². The SMILES string of the molecule is COc1cc(NC(=O)c2cccc(C)n2)ccc1N1CCCC1=O. The summed E-state index contributed by atoms with van der Waals surface area (Å²) in [4.78, 5) is 30.1. The van der Waals surface area contributed by atoms with Crippen LogP contribution < -0.4 is 15.0 Å². The number of hydrogen-bond acceptors (Lipinski definition) is 4. The second kappa shape index (κ2) is 6.70. The molecule has 0 bridgehead atoms. The fourth-order valence-corrected chi connectivity index (χ4v) is 2.75. The largest absolute Gasteiger partial charge is 0.494 e. The lowest BCUT2D eigenvalue weighted by Gasteiger charge is -2.19. The van der Waals surface area contributed by atoms with E-state index in [0.717, 1.165) is 17.8 Å². The van der Waals surface area contributed by atoms with Crippen LogP contribution in [0, 0.1) is 6.92 Å². The molecule has 124 valence electrons. The summed E-state index contributed by atoms with van der Waals surface area (Å²) in [7, 11) is 1.55. The van der Waals surface area contributed by atoms with Crippen molar-refractivity contribution in [3.05, 3.63) is 47.8 Å². The number of rotatable bonds is 4. The maximum atomic E-state index is 12.3. The first-order valence-electron chi connectivity index (χ1n) is 7.82. The summed E-state index contributed by atoms with van der Waals surface area (Å²) in [5, 5.41) is 2.80. The monoisotopic (exact) mass is 325 g/mol. The number of pyridine rings is 1. The Bertz CT molecular complexity index is 789. The molecule has 1 aromatic heterocycles. The highest BCUT2D eigenvalue weighted by Crippen LogP contribution is 2.33. The molecule has 1 N–H and O–H groups in total. The minimum atomic E-state index is -0.286. The van der Waals surface area contributed by atoms with Crippen molar-refractivity contribution < 1.29 is 14.3 Å². The number of amides is 2. The zero-order chi connectivity index (χ0) is 17.1. The summed E-state index contributed by atoms with van der Waals surface area (Å²) >= 11 is 0. The van der Waals surface area contributed by atoms with E-state index in [0.29, 0.717) is 30.1 Å². The second-order valence-electron chi connectivity index (χ2n) is 5.65. The third-order valence-corrected chi connectivity index (χ3v) is 3.92. The number of carbonyl (C=O) groups excluding carboxylic acids is 2. The van der Waals surface area contributed by atoms with Gasteiger partial charge in [-0.2, -0.15) is 0 Å². The van der Waals surface area contributed by atoms with Gasteiger partial charge in [-0.25, -0.2) is 4.98 Å². The molecule has 0 radical (unpaired) electrons. The summed E-state index contributed by atoms with van der Waals surface area (Å²) in [6.45, 7) is 2.52. The molecule has 1 aliphatic rings. The minimum Gasteiger partial charge on any atom is -0.494 e. The maximum Gasteiger partial charge on any atom is 0.274 e. The van der Waals surface area contributed by atoms with Crippen LogP contribution in [0.4, 0.5) is 11.4 Å². The third kappa shape index (κ3) is 3.22. The topological polar surface area (TPSA) is 71.5 Å². The second-order valence-corrected chi connectivity index (χ2v) is 5.65. The Hall–Kier alpha value is -2.89. The number of aromatic nitrogens is 1. The Labute approximate surface area is 140 Å². The van der Waals surface area contributed by atoms with Gasteiger partial charge in [-0.3, -0.25) is 9.59 Å². The smallest absolute Gasteiger partial charge is 0.274 e. The average molecular weight is 325 g/mol. The van der Waals surface area contributed by atoms with E-state index in [-0.39, 0.29) is 11.8 Å². The van der Waals surface area contributed by atoms with Gasteiger partial charge in [0.1, 0.15) is 11.4 Å². The molecule has 0 saturated carbocycles. The molecular formula is C18H19N3O3. The van der Waals surface area contributed by atoms with Gasteiger partial charge in [-0.1, -0.05) is 6.07 Å². The van der Waals surface area contributed by atoms with E-state index in [2.05, 4.69) is 10.3 Å². The summed E-state index contributed by atoms with van der Waals surface area (Å²) in [6, 6.07) is 10.6. The summed E-state index contributed by atoms with van der Waals surface area (Å²) in [6.07, 6.45) is 1.40. The number of benzene rings is 1. The molecule has 2 amide bonds. The van der Waals surface area contributed by atoms with Crippen LogP contribution in [-0.2, 0) is 4.79 Å². The number of ether oxygens (including phenoxy) is 1. The molecule has 1 aliphatic heterocycles. The predicted molar refractivity (Wildman–Crippen MR) is 91.5 cm³/mol. The van der Waals surface area contributed by atoms with Gasteiger partial charge in [0.05, 0.1) is 12.8 Å². The normalized spacial score (nSPS) is 13.9. The third-order valence-electron chi connectivity index (χ3n) is 3.92. The lowest BCUT2D eigenvalue weighted by atomic mass is 10.2. The van der Waals surface area contributed by atoms with Crippen LogP contribution in [-0.4, -0.2) is 30.5 Å². The van der Waals surface area contributed by atoms with Gasteiger partial charge in [0, 0.05) is 30.4 Å². The van der Waals surface area contributed by atoms with Crippen molar-refractivity contribution in [2.45, 2.75) is 19.8 Å². The van der Waals surface area contributed by atoms with E-state index >= 15 is 0 Å². The van der Waals surface area contributed by atoms with Crippen LogP contribution in [0.1, 0.15) is 29.0 Å². The molecule has 1 aromatic carbocycles. The molecule has 2 heterocycles. The first kappa shape index (κ1) is 16.0. The standard InChI is InChI=1S/C18H19N3O3/c1-12-5-3-6-14(19-12)18(23)20-13-8-9-15(16(11-13)24-2)21-10-4-7-17(21)22/h3,5-6,8-9,11H,4,7,10H2,1-2H3,(H,20,23). The van der Waals surface area contributed by atoms with E-state index in [4.69, 9.17) is 4.74 Å². The minimum absolute atomic E-state index is 0.0917. The lowest BCUT2D eigenvalue weighted by Crippen LogP contribution is -2.24. The lowest BCUT2D eigenvalue weighted by molar-refractivity contribution is -0.117. The van der Waals surface area contributed by atoms with Gasteiger partial charge in [-0.05, 0) is 37.6 Å².